The average Bonchev–Trinajstić information content (AvgIpc) is 2.84. The maximum atomic E-state index is 11.1. The lowest BCUT2D eigenvalue weighted by Gasteiger charge is -2.04. The molecular formula is C14H14N2O3. The number of rotatable bonds is 5. The first-order valence-electron chi connectivity index (χ1n) is 5.91. The molecule has 0 aliphatic carbocycles. The minimum absolute atomic E-state index is 0.284. The lowest BCUT2D eigenvalue weighted by molar-refractivity contribution is 0.109. The van der Waals surface area contributed by atoms with Gasteiger partial charge in [0, 0.05) is 11.6 Å². The fourth-order valence-electron chi connectivity index (χ4n) is 2.06. The zero-order valence-electron chi connectivity index (χ0n) is 10.8. The number of nitrogens with one attached hydrogen (secondary N) is 1. The van der Waals surface area contributed by atoms with Crippen LogP contribution in [0.5, 0.6) is 5.88 Å². The molecule has 0 fully saturated rings. The van der Waals surface area contributed by atoms with Gasteiger partial charge in [0.2, 0.25) is 5.88 Å². The van der Waals surface area contributed by atoms with Gasteiger partial charge in [-0.2, -0.15) is 0 Å². The summed E-state index contributed by atoms with van der Waals surface area (Å²) in [6.45, 7) is 1.93. The van der Waals surface area contributed by atoms with Crippen LogP contribution in [0.1, 0.15) is 33.3 Å². The molecule has 0 bridgehead atoms. The largest absolute Gasteiger partial charge is 0.481 e. The number of aromatic nitrogens is 2. The first kappa shape index (κ1) is 13.0. The van der Waals surface area contributed by atoms with Gasteiger partial charge in [0.1, 0.15) is 0 Å². The highest BCUT2D eigenvalue weighted by atomic mass is 16.5. The molecule has 0 atom stereocenters. The standard InChI is InChI=1S/C14H14N2O3/c1-3-9-10(7-17)12(8-18)16-14(9)11-5-4-6-13(15-11)19-2/h4-8,16H,3H2,1-2H3. The van der Waals surface area contributed by atoms with Gasteiger partial charge < -0.3 is 9.72 Å². The molecule has 5 nitrogen and oxygen atoms in total. The van der Waals surface area contributed by atoms with Crippen molar-refractivity contribution in [2.75, 3.05) is 7.11 Å². The molecule has 19 heavy (non-hydrogen) atoms. The average molecular weight is 258 g/mol. The van der Waals surface area contributed by atoms with Crippen molar-refractivity contribution in [3.8, 4) is 17.3 Å². The van der Waals surface area contributed by atoms with E-state index in [-0.39, 0.29) is 5.69 Å². The molecule has 2 rings (SSSR count). The predicted octanol–water partition coefficient (Wildman–Crippen LogP) is 2.27. The van der Waals surface area contributed by atoms with E-state index in [2.05, 4.69) is 9.97 Å². The summed E-state index contributed by atoms with van der Waals surface area (Å²) < 4.78 is 5.08. The molecule has 0 aliphatic rings. The fraction of sp³-hybridized carbons (Fsp3) is 0.214. The summed E-state index contributed by atoms with van der Waals surface area (Å²) in [5.74, 6) is 0.481. The van der Waals surface area contributed by atoms with E-state index in [1.54, 1.807) is 12.1 Å². The van der Waals surface area contributed by atoms with E-state index >= 15 is 0 Å². The van der Waals surface area contributed by atoms with Gasteiger partial charge in [-0.15, -0.1) is 0 Å². The molecule has 1 N–H and O–H groups in total. The Morgan fingerprint density at radius 2 is 2.11 bits per heavy atom. The zero-order valence-corrected chi connectivity index (χ0v) is 10.8. The Labute approximate surface area is 110 Å². The van der Waals surface area contributed by atoms with Crippen LogP contribution in [-0.2, 0) is 6.42 Å². The molecule has 2 aromatic rings. The van der Waals surface area contributed by atoms with Crippen molar-refractivity contribution in [2.45, 2.75) is 13.3 Å². The first-order valence-corrected chi connectivity index (χ1v) is 5.91. The number of carbonyl (C=O) groups excluding carboxylic acids is 2. The summed E-state index contributed by atoms with van der Waals surface area (Å²) in [5, 5.41) is 0. The monoisotopic (exact) mass is 258 g/mol. The number of hydrogen-bond donors (Lipinski definition) is 1. The van der Waals surface area contributed by atoms with Crippen LogP contribution < -0.4 is 4.74 Å². The number of hydrogen-bond acceptors (Lipinski definition) is 4. The van der Waals surface area contributed by atoms with E-state index < -0.39 is 0 Å². The number of carbonyl (C=O) groups is 2. The maximum Gasteiger partial charge on any atom is 0.213 e. The molecule has 0 unspecified atom stereocenters. The summed E-state index contributed by atoms with van der Waals surface area (Å²) in [5.41, 5.74) is 2.81. The van der Waals surface area contributed by atoms with E-state index in [4.69, 9.17) is 4.74 Å². The van der Waals surface area contributed by atoms with E-state index in [1.165, 1.54) is 7.11 Å². The van der Waals surface area contributed by atoms with Crippen LogP contribution in [0, 0.1) is 0 Å². The number of H-pyrrole nitrogens is 1. The molecule has 0 saturated heterocycles. The first-order chi connectivity index (χ1) is 9.24. The van der Waals surface area contributed by atoms with Crippen LogP contribution in [0.15, 0.2) is 18.2 Å². The molecule has 5 heteroatoms. The van der Waals surface area contributed by atoms with Gasteiger partial charge >= 0.3 is 0 Å². The summed E-state index contributed by atoms with van der Waals surface area (Å²) >= 11 is 0. The SMILES string of the molecule is CCc1c(-c2cccc(OC)n2)[nH]c(C=O)c1C=O. The number of nitrogens with zero attached hydrogens (tertiary/aromatic N) is 1. The highest BCUT2D eigenvalue weighted by Gasteiger charge is 2.17. The minimum atomic E-state index is 0.284. The molecule has 0 saturated carbocycles. The molecule has 0 spiro atoms. The van der Waals surface area contributed by atoms with Crippen LogP contribution in [0.3, 0.4) is 0 Å². The molecule has 0 aliphatic heterocycles. The van der Waals surface area contributed by atoms with E-state index in [1.807, 2.05) is 13.0 Å². The Bertz CT molecular complexity index is 617. The Morgan fingerprint density at radius 1 is 1.32 bits per heavy atom. The summed E-state index contributed by atoms with van der Waals surface area (Å²) in [7, 11) is 1.54. The third kappa shape index (κ3) is 2.27. The molecule has 0 amide bonds. The quantitative estimate of drug-likeness (QED) is 0.835. The van der Waals surface area contributed by atoms with Gasteiger partial charge in [0.05, 0.1) is 24.2 Å². The van der Waals surface area contributed by atoms with Gasteiger partial charge in [-0.25, -0.2) is 4.98 Å². The third-order valence-electron chi connectivity index (χ3n) is 2.95. The van der Waals surface area contributed by atoms with E-state index in [0.717, 1.165) is 5.56 Å². The molecule has 98 valence electrons. The van der Waals surface area contributed by atoms with E-state index in [0.29, 0.717) is 41.8 Å². The van der Waals surface area contributed by atoms with Gasteiger partial charge in [-0.1, -0.05) is 13.0 Å². The van der Waals surface area contributed by atoms with Crippen molar-refractivity contribution in [2.24, 2.45) is 0 Å². The van der Waals surface area contributed by atoms with Gasteiger partial charge in [0.25, 0.3) is 0 Å². The number of aromatic amines is 1. The Kier molecular flexibility index (Phi) is 3.75. The molecular weight excluding hydrogens is 244 g/mol. The summed E-state index contributed by atoms with van der Waals surface area (Å²) in [4.78, 5) is 29.4. The molecule has 2 heterocycles. The lowest BCUT2D eigenvalue weighted by atomic mass is 10.1. The van der Waals surface area contributed by atoms with Crippen molar-refractivity contribution in [1.29, 1.82) is 0 Å². The van der Waals surface area contributed by atoms with Crippen LogP contribution >= 0.6 is 0 Å². The summed E-state index contributed by atoms with van der Waals surface area (Å²) in [6.07, 6.45) is 1.97. The van der Waals surface area contributed by atoms with Crippen LogP contribution in [0.25, 0.3) is 11.4 Å². The second kappa shape index (κ2) is 5.48. The van der Waals surface area contributed by atoms with Gasteiger partial charge in [0.15, 0.2) is 12.6 Å². The minimum Gasteiger partial charge on any atom is -0.481 e. The second-order valence-corrected chi connectivity index (χ2v) is 3.96. The van der Waals surface area contributed by atoms with Crippen molar-refractivity contribution >= 4 is 12.6 Å². The van der Waals surface area contributed by atoms with Gasteiger partial charge in [-0.05, 0) is 18.1 Å². The number of pyridine rings is 1. The topological polar surface area (TPSA) is 72.0 Å². The van der Waals surface area contributed by atoms with Crippen molar-refractivity contribution in [3.63, 3.8) is 0 Å². The van der Waals surface area contributed by atoms with Crippen molar-refractivity contribution < 1.29 is 14.3 Å². The lowest BCUT2D eigenvalue weighted by Crippen LogP contribution is -1.93. The third-order valence-corrected chi connectivity index (χ3v) is 2.95. The van der Waals surface area contributed by atoms with Crippen molar-refractivity contribution in [1.82, 2.24) is 9.97 Å². The van der Waals surface area contributed by atoms with Crippen LogP contribution in [0.4, 0.5) is 0 Å². The van der Waals surface area contributed by atoms with E-state index in [9.17, 15) is 9.59 Å². The number of aldehydes is 2. The van der Waals surface area contributed by atoms with Gasteiger partial charge in [-0.3, -0.25) is 9.59 Å². The molecule has 0 radical (unpaired) electrons. The second-order valence-electron chi connectivity index (χ2n) is 3.96. The predicted molar refractivity (Wildman–Crippen MR) is 70.7 cm³/mol. The smallest absolute Gasteiger partial charge is 0.213 e. The zero-order chi connectivity index (χ0) is 13.8. The maximum absolute atomic E-state index is 11.1. The highest BCUT2D eigenvalue weighted by Crippen LogP contribution is 2.27. The normalized spacial score (nSPS) is 10.2. The van der Waals surface area contributed by atoms with Crippen molar-refractivity contribution in [3.05, 3.63) is 35.0 Å². The highest BCUT2D eigenvalue weighted by molar-refractivity contribution is 5.93. The van der Waals surface area contributed by atoms with Crippen LogP contribution in [-0.4, -0.2) is 29.7 Å². The number of methoxy groups -OCH3 is 1. The Hall–Kier alpha value is -2.43. The molecule has 2 aromatic heterocycles. The van der Waals surface area contributed by atoms with Crippen LogP contribution in [0.2, 0.25) is 0 Å². The Balaban J connectivity index is 2.63. The number of ether oxygens (including phenoxy) is 1. The molecule has 0 aromatic carbocycles. The fourth-order valence-corrected chi connectivity index (χ4v) is 2.06. The Morgan fingerprint density at radius 3 is 2.68 bits per heavy atom. The summed E-state index contributed by atoms with van der Waals surface area (Å²) in [6, 6.07) is 5.35.